The zero-order valence-electron chi connectivity index (χ0n) is 16.5. The van der Waals surface area contributed by atoms with Gasteiger partial charge in [0.05, 0.1) is 18.3 Å². The van der Waals surface area contributed by atoms with Crippen LogP contribution in [0.1, 0.15) is 17.1 Å². The second-order valence-corrected chi connectivity index (χ2v) is 7.99. The Morgan fingerprint density at radius 1 is 1.17 bits per heavy atom. The monoisotopic (exact) mass is 407 g/mol. The van der Waals surface area contributed by atoms with Crippen LogP contribution in [0.2, 0.25) is 0 Å². The van der Waals surface area contributed by atoms with E-state index in [0.29, 0.717) is 22.5 Å². The van der Waals surface area contributed by atoms with E-state index in [1.54, 1.807) is 11.9 Å². The molecular weight excluding hydrogens is 386 g/mol. The molecule has 0 saturated carbocycles. The number of rotatable bonds is 5. The van der Waals surface area contributed by atoms with Gasteiger partial charge in [-0.1, -0.05) is 29.8 Å². The van der Waals surface area contributed by atoms with Gasteiger partial charge in [0.2, 0.25) is 5.91 Å². The Hall–Kier alpha value is -3.19. The van der Waals surface area contributed by atoms with Crippen LogP contribution in [-0.2, 0) is 17.9 Å². The maximum Gasteiger partial charge on any atom is 0.263 e. The predicted octanol–water partition coefficient (Wildman–Crippen LogP) is 3.99. The quantitative estimate of drug-likeness (QED) is 0.502. The number of fused-ring (bicyclic) bond motifs is 1. The van der Waals surface area contributed by atoms with Crippen LogP contribution < -0.4 is 5.56 Å². The molecule has 0 N–H and O–H groups in total. The molecule has 7 heteroatoms. The number of furan rings is 1. The van der Waals surface area contributed by atoms with Crippen molar-refractivity contribution in [2.45, 2.75) is 26.9 Å². The van der Waals surface area contributed by atoms with Crippen molar-refractivity contribution in [3.8, 4) is 11.1 Å². The van der Waals surface area contributed by atoms with Crippen molar-refractivity contribution in [3.05, 3.63) is 75.5 Å². The molecule has 0 bridgehead atoms. The molecule has 1 aromatic carbocycles. The molecule has 29 heavy (non-hydrogen) atoms. The molecule has 0 aliphatic carbocycles. The number of likely N-dealkylation sites (N-methyl/N-ethyl adjacent to an activating group) is 1. The Kier molecular flexibility index (Phi) is 5.07. The van der Waals surface area contributed by atoms with Crippen LogP contribution in [0.5, 0.6) is 0 Å². The average Bonchev–Trinajstić information content (AvgIpc) is 3.31. The van der Waals surface area contributed by atoms with Gasteiger partial charge in [0, 0.05) is 18.0 Å². The molecule has 0 radical (unpaired) electrons. The van der Waals surface area contributed by atoms with Gasteiger partial charge in [0.1, 0.15) is 22.9 Å². The molecule has 3 aromatic heterocycles. The lowest BCUT2D eigenvalue weighted by Gasteiger charge is -2.16. The smallest absolute Gasteiger partial charge is 0.263 e. The number of amides is 1. The number of benzene rings is 1. The summed E-state index contributed by atoms with van der Waals surface area (Å²) in [6.45, 7) is 4.17. The summed E-state index contributed by atoms with van der Waals surface area (Å²) in [5.74, 6) is 1.32. The molecule has 1 amide bonds. The fourth-order valence-corrected chi connectivity index (χ4v) is 4.09. The zero-order chi connectivity index (χ0) is 20.5. The fraction of sp³-hybridized carbons (Fsp3) is 0.227. The van der Waals surface area contributed by atoms with E-state index in [0.717, 1.165) is 22.5 Å². The summed E-state index contributed by atoms with van der Waals surface area (Å²) in [4.78, 5) is 32.4. The lowest BCUT2D eigenvalue weighted by atomic mass is 10.1. The predicted molar refractivity (Wildman–Crippen MR) is 114 cm³/mol. The summed E-state index contributed by atoms with van der Waals surface area (Å²) in [6.07, 6.45) is 1.45. The van der Waals surface area contributed by atoms with Gasteiger partial charge in [-0.25, -0.2) is 4.98 Å². The number of aryl methyl sites for hydroxylation is 2. The number of nitrogens with zero attached hydrogens (tertiary/aromatic N) is 3. The number of thiophene rings is 1. The van der Waals surface area contributed by atoms with Crippen LogP contribution >= 0.6 is 11.3 Å². The SMILES string of the molecule is Cc1ccc(-c2csc3ncn(CC(=O)N(C)Cc4ccc(C)o4)c(=O)c23)cc1. The van der Waals surface area contributed by atoms with Crippen molar-refractivity contribution in [1.29, 1.82) is 0 Å². The minimum atomic E-state index is -0.206. The maximum absolute atomic E-state index is 13.1. The number of aromatic nitrogens is 2. The van der Waals surface area contributed by atoms with Crippen molar-refractivity contribution in [3.63, 3.8) is 0 Å². The summed E-state index contributed by atoms with van der Waals surface area (Å²) >= 11 is 1.43. The van der Waals surface area contributed by atoms with E-state index >= 15 is 0 Å². The van der Waals surface area contributed by atoms with E-state index < -0.39 is 0 Å². The van der Waals surface area contributed by atoms with Gasteiger partial charge in [0.25, 0.3) is 5.56 Å². The van der Waals surface area contributed by atoms with Crippen molar-refractivity contribution in [2.24, 2.45) is 0 Å². The van der Waals surface area contributed by atoms with Crippen molar-refractivity contribution < 1.29 is 9.21 Å². The number of hydrogen-bond acceptors (Lipinski definition) is 5. The molecule has 4 aromatic rings. The molecule has 0 atom stereocenters. The average molecular weight is 407 g/mol. The van der Waals surface area contributed by atoms with Gasteiger partial charge < -0.3 is 9.32 Å². The molecule has 0 saturated heterocycles. The van der Waals surface area contributed by atoms with Crippen LogP contribution in [0.3, 0.4) is 0 Å². The van der Waals surface area contributed by atoms with E-state index in [1.807, 2.05) is 55.6 Å². The first-order chi connectivity index (χ1) is 13.9. The van der Waals surface area contributed by atoms with E-state index in [9.17, 15) is 9.59 Å². The summed E-state index contributed by atoms with van der Waals surface area (Å²) in [7, 11) is 1.69. The first kappa shape index (κ1) is 19.1. The highest BCUT2D eigenvalue weighted by Gasteiger charge is 2.17. The van der Waals surface area contributed by atoms with Crippen LogP contribution in [0.4, 0.5) is 0 Å². The van der Waals surface area contributed by atoms with Gasteiger partial charge in [-0.15, -0.1) is 11.3 Å². The minimum Gasteiger partial charge on any atom is -0.464 e. The Bertz CT molecular complexity index is 1230. The van der Waals surface area contributed by atoms with Crippen molar-refractivity contribution in [2.75, 3.05) is 7.05 Å². The summed E-state index contributed by atoms with van der Waals surface area (Å²) in [6, 6.07) is 11.7. The molecular formula is C22H21N3O3S. The lowest BCUT2D eigenvalue weighted by molar-refractivity contribution is -0.131. The molecule has 0 fully saturated rings. The number of carbonyl (C=O) groups is 1. The molecule has 4 rings (SSSR count). The normalized spacial score (nSPS) is 11.1. The molecule has 0 aliphatic heterocycles. The molecule has 3 heterocycles. The summed E-state index contributed by atoms with van der Waals surface area (Å²) in [5, 5.41) is 2.50. The molecule has 0 spiro atoms. The topological polar surface area (TPSA) is 68.3 Å². The first-order valence-corrected chi connectivity index (χ1v) is 10.1. The third-order valence-electron chi connectivity index (χ3n) is 4.84. The summed E-state index contributed by atoms with van der Waals surface area (Å²) in [5.41, 5.74) is 2.77. The largest absolute Gasteiger partial charge is 0.464 e. The Balaban J connectivity index is 1.61. The van der Waals surface area contributed by atoms with Crippen LogP contribution in [0.15, 0.2) is 57.3 Å². The lowest BCUT2D eigenvalue weighted by Crippen LogP contribution is -2.33. The van der Waals surface area contributed by atoms with E-state index in [1.165, 1.54) is 22.2 Å². The van der Waals surface area contributed by atoms with Crippen LogP contribution in [0, 0.1) is 13.8 Å². The van der Waals surface area contributed by atoms with Crippen LogP contribution in [0.25, 0.3) is 21.3 Å². The standard InChI is InChI=1S/C22H21N3O3S/c1-14-4-7-16(8-5-14)18-12-29-21-20(18)22(27)25(13-23-21)11-19(26)24(3)10-17-9-6-15(2)28-17/h4-9,12-13H,10-11H2,1-3H3. The van der Waals surface area contributed by atoms with Gasteiger partial charge >= 0.3 is 0 Å². The third kappa shape index (κ3) is 3.86. The van der Waals surface area contributed by atoms with E-state index in [4.69, 9.17) is 4.42 Å². The second kappa shape index (κ2) is 7.67. The van der Waals surface area contributed by atoms with Crippen molar-refractivity contribution >= 4 is 27.5 Å². The first-order valence-electron chi connectivity index (χ1n) is 9.25. The van der Waals surface area contributed by atoms with E-state index in [2.05, 4.69) is 4.98 Å². The Morgan fingerprint density at radius 2 is 1.93 bits per heavy atom. The summed E-state index contributed by atoms with van der Waals surface area (Å²) < 4.78 is 6.90. The zero-order valence-corrected chi connectivity index (χ0v) is 17.3. The van der Waals surface area contributed by atoms with Crippen LogP contribution in [-0.4, -0.2) is 27.4 Å². The van der Waals surface area contributed by atoms with Gasteiger partial charge in [-0.05, 0) is 31.5 Å². The van der Waals surface area contributed by atoms with Gasteiger partial charge in [-0.3, -0.25) is 14.2 Å². The maximum atomic E-state index is 13.1. The molecule has 0 aliphatic rings. The highest BCUT2D eigenvalue weighted by Crippen LogP contribution is 2.30. The number of hydrogen-bond donors (Lipinski definition) is 0. The highest BCUT2D eigenvalue weighted by molar-refractivity contribution is 7.17. The fourth-order valence-electron chi connectivity index (χ4n) is 3.18. The van der Waals surface area contributed by atoms with Gasteiger partial charge in [0.15, 0.2) is 0 Å². The van der Waals surface area contributed by atoms with Crippen molar-refractivity contribution in [1.82, 2.24) is 14.5 Å². The van der Waals surface area contributed by atoms with E-state index in [-0.39, 0.29) is 18.0 Å². The highest BCUT2D eigenvalue weighted by atomic mass is 32.1. The second-order valence-electron chi connectivity index (χ2n) is 7.14. The number of carbonyl (C=O) groups excluding carboxylic acids is 1. The van der Waals surface area contributed by atoms with Gasteiger partial charge in [-0.2, -0.15) is 0 Å². The molecule has 0 unspecified atom stereocenters. The Labute approximate surface area is 172 Å². The molecule has 6 nitrogen and oxygen atoms in total. The Morgan fingerprint density at radius 3 is 2.62 bits per heavy atom. The minimum absolute atomic E-state index is 0.0683. The third-order valence-corrected chi connectivity index (χ3v) is 5.73. The molecule has 148 valence electrons.